The molecule has 13 heteroatoms. The van der Waals surface area contributed by atoms with Crippen LogP contribution in [0.15, 0.2) is 25.0 Å². The summed E-state index contributed by atoms with van der Waals surface area (Å²) in [6.07, 6.45) is 22.6. The first-order valence-corrected chi connectivity index (χ1v) is 18.7. The van der Waals surface area contributed by atoms with Crippen molar-refractivity contribution in [2.75, 3.05) is 0 Å². The quantitative estimate of drug-likeness (QED) is 0.0735. The largest absolute Gasteiger partial charge is 0.348 e. The fraction of sp³-hybridized carbons (Fsp3) is 0.703. The second-order valence-electron chi connectivity index (χ2n) is 13.8. The number of carbonyl (C=O) groups is 5. The number of carbonyl (C=O) groups excluding carboxylic acids is 5. The number of nitrogens with one attached hydrogen (secondary N) is 6. The Labute approximate surface area is 298 Å². The maximum Gasteiger partial charge on any atom is 0.243 e. The Morgan fingerprint density at radius 1 is 0.620 bits per heavy atom. The number of aromatic amines is 2. The Balaban J connectivity index is 1.82. The van der Waals surface area contributed by atoms with Crippen LogP contribution in [0.5, 0.6) is 0 Å². The number of rotatable bonds is 27. The Morgan fingerprint density at radius 3 is 1.58 bits per heavy atom. The first-order chi connectivity index (χ1) is 24.0. The van der Waals surface area contributed by atoms with Crippen LogP contribution in [0.4, 0.5) is 0 Å². The van der Waals surface area contributed by atoms with Crippen molar-refractivity contribution >= 4 is 29.4 Å². The van der Waals surface area contributed by atoms with E-state index in [0.29, 0.717) is 17.8 Å². The summed E-state index contributed by atoms with van der Waals surface area (Å²) < 4.78 is 0. The van der Waals surface area contributed by atoms with Crippen molar-refractivity contribution in [3.63, 3.8) is 0 Å². The molecule has 0 saturated carbocycles. The highest BCUT2D eigenvalue weighted by atomic mass is 16.2. The van der Waals surface area contributed by atoms with Gasteiger partial charge in [-0.25, -0.2) is 9.97 Å². The molecule has 4 amide bonds. The number of Topliss-reactive ketones (excluding diaryl/α,β-unsaturated/α-hetero) is 1. The maximum atomic E-state index is 13.4. The minimum Gasteiger partial charge on any atom is -0.348 e. The number of unbranched alkanes of at least 4 members (excludes halogenated alkanes) is 12. The zero-order valence-electron chi connectivity index (χ0n) is 30.9. The Kier molecular flexibility index (Phi) is 20.4. The van der Waals surface area contributed by atoms with Gasteiger partial charge in [0.2, 0.25) is 23.6 Å². The molecule has 0 bridgehead atoms. The van der Waals surface area contributed by atoms with Gasteiger partial charge in [0.05, 0.1) is 18.7 Å². The summed E-state index contributed by atoms with van der Waals surface area (Å²) in [5.41, 5.74) is 1.35. The topological polar surface area (TPSA) is 191 Å². The van der Waals surface area contributed by atoms with Crippen LogP contribution >= 0.6 is 0 Å². The van der Waals surface area contributed by atoms with Crippen molar-refractivity contribution in [1.29, 1.82) is 0 Å². The van der Waals surface area contributed by atoms with Crippen LogP contribution in [-0.4, -0.2) is 73.5 Å². The van der Waals surface area contributed by atoms with E-state index >= 15 is 0 Å². The Morgan fingerprint density at radius 2 is 1.12 bits per heavy atom. The molecule has 6 N–H and O–H groups in total. The summed E-state index contributed by atoms with van der Waals surface area (Å²) in [6.45, 7) is 8.70. The van der Waals surface area contributed by atoms with Gasteiger partial charge in [-0.3, -0.25) is 24.0 Å². The van der Waals surface area contributed by atoms with Crippen molar-refractivity contribution in [3.05, 3.63) is 36.4 Å². The number of amides is 4. The molecule has 0 spiro atoms. The molecule has 0 aromatic carbocycles. The van der Waals surface area contributed by atoms with E-state index in [0.717, 1.165) is 19.3 Å². The number of aromatic nitrogens is 4. The lowest BCUT2D eigenvalue weighted by molar-refractivity contribution is -0.134. The van der Waals surface area contributed by atoms with Gasteiger partial charge in [-0.05, 0) is 26.2 Å². The third-order valence-electron chi connectivity index (χ3n) is 8.92. The normalized spacial score (nSPS) is 13.6. The van der Waals surface area contributed by atoms with Crippen molar-refractivity contribution < 1.29 is 24.0 Å². The summed E-state index contributed by atoms with van der Waals surface area (Å²) >= 11 is 0. The molecule has 0 fully saturated rings. The molecule has 0 unspecified atom stereocenters. The van der Waals surface area contributed by atoms with E-state index < -0.39 is 41.9 Å². The van der Waals surface area contributed by atoms with E-state index in [1.807, 2.05) is 0 Å². The molecule has 13 nitrogen and oxygen atoms in total. The number of H-pyrrole nitrogens is 2. The number of hydrogen-bond donors (Lipinski definition) is 6. The van der Waals surface area contributed by atoms with E-state index in [-0.39, 0.29) is 30.4 Å². The molecule has 280 valence electrons. The van der Waals surface area contributed by atoms with Gasteiger partial charge in [-0.1, -0.05) is 97.8 Å². The number of hydrogen-bond acceptors (Lipinski definition) is 7. The third kappa shape index (κ3) is 17.1. The highest BCUT2D eigenvalue weighted by molar-refractivity contribution is 5.95. The molecule has 0 aliphatic heterocycles. The Hall–Kier alpha value is -4.03. The molecule has 2 aromatic rings. The summed E-state index contributed by atoms with van der Waals surface area (Å²) in [4.78, 5) is 78.7. The second kappa shape index (κ2) is 24.2. The molecule has 0 aliphatic rings. The Bertz CT molecular complexity index is 1260. The first-order valence-electron chi connectivity index (χ1n) is 18.7. The van der Waals surface area contributed by atoms with Crippen molar-refractivity contribution in [1.82, 2.24) is 41.2 Å². The van der Waals surface area contributed by atoms with Crippen molar-refractivity contribution in [2.45, 2.75) is 162 Å². The number of nitrogens with zero attached hydrogens (tertiary/aromatic N) is 2. The molecule has 0 saturated heterocycles. The van der Waals surface area contributed by atoms with Gasteiger partial charge in [-0.2, -0.15) is 0 Å². The molecule has 50 heavy (non-hydrogen) atoms. The predicted octanol–water partition coefficient (Wildman–Crippen LogP) is 4.60. The van der Waals surface area contributed by atoms with E-state index in [9.17, 15) is 24.0 Å². The van der Waals surface area contributed by atoms with E-state index in [1.165, 1.54) is 90.7 Å². The fourth-order valence-electron chi connectivity index (χ4n) is 5.76. The molecule has 4 atom stereocenters. The standard InChI is InChI=1S/C37H62N8O5/c1-6-7-8-9-10-11-12-13-14-15-16-17-18-19-33(47)43-32(21-30-23-39-25-41-30)36(49)42-27(4)35(48)45-34(26(2)3)37(50)44-31(28(5)46)20-29-22-38-24-40-29/h22-27,31-32,34H,6-21H2,1-5H3,(H,38,40)(H,39,41)(H,42,49)(H,43,47)(H,44,50)(H,45,48)/t27-,31-,32-,34-/m0/s1. The van der Waals surface area contributed by atoms with Crippen LogP contribution < -0.4 is 21.3 Å². The van der Waals surface area contributed by atoms with Gasteiger partial charge >= 0.3 is 0 Å². The lowest BCUT2D eigenvalue weighted by Crippen LogP contribution is -2.58. The average Bonchev–Trinajstić information content (AvgIpc) is 3.79. The summed E-state index contributed by atoms with van der Waals surface area (Å²) in [6, 6.07) is -3.69. The molecule has 2 rings (SSSR count). The van der Waals surface area contributed by atoms with E-state index in [1.54, 1.807) is 26.2 Å². The predicted molar refractivity (Wildman–Crippen MR) is 194 cm³/mol. The summed E-state index contributed by atoms with van der Waals surface area (Å²) in [7, 11) is 0. The highest BCUT2D eigenvalue weighted by Crippen LogP contribution is 2.13. The molecule has 2 aromatic heterocycles. The average molecular weight is 699 g/mol. The zero-order chi connectivity index (χ0) is 36.7. The summed E-state index contributed by atoms with van der Waals surface area (Å²) in [5.74, 6) is -2.37. The minimum absolute atomic E-state index is 0.171. The lowest BCUT2D eigenvalue weighted by atomic mass is 10.0. The molecule has 0 aliphatic carbocycles. The summed E-state index contributed by atoms with van der Waals surface area (Å²) in [5, 5.41) is 11.0. The minimum atomic E-state index is -1.01. The van der Waals surface area contributed by atoms with E-state index in [2.05, 4.69) is 48.1 Å². The van der Waals surface area contributed by atoms with Crippen molar-refractivity contribution in [2.24, 2.45) is 5.92 Å². The maximum absolute atomic E-state index is 13.4. The lowest BCUT2D eigenvalue weighted by Gasteiger charge is -2.26. The van der Waals surface area contributed by atoms with Gasteiger partial charge in [0.15, 0.2) is 5.78 Å². The van der Waals surface area contributed by atoms with Gasteiger partial charge in [0.1, 0.15) is 18.1 Å². The van der Waals surface area contributed by atoms with Crippen LogP contribution in [0, 0.1) is 5.92 Å². The van der Waals surface area contributed by atoms with Crippen LogP contribution in [0.25, 0.3) is 0 Å². The second-order valence-corrected chi connectivity index (χ2v) is 13.8. The van der Waals surface area contributed by atoms with Gasteiger partial charge in [-0.15, -0.1) is 0 Å². The SMILES string of the molecule is CCCCCCCCCCCCCCCC(=O)N[C@@H](Cc1cnc[nH]1)C(=O)N[C@@H](C)C(=O)N[C@H](C(=O)N[C@@H](Cc1cnc[nH]1)C(C)=O)C(C)C. The number of ketones is 1. The van der Waals surface area contributed by atoms with Gasteiger partial charge < -0.3 is 31.2 Å². The van der Waals surface area contributed by atoms with E-state index in [4.69, 9.17) is 0 Å². The van der Waals surface area contributed by atoms with Crippen LogP contribution in [0.2, 0.25) is 0 Å². The zero-order valence-corrected chi connectivity index (χ0v) is 30.9. The first kappa shape index (κ1) is 42.1. The van der Waals surface area contributed by atoms with Crippen LogP contribution in [0.1, 0.15) is 136 Å². The van der Waals surface area contributed by atoms with Crippen molar-refractivity contribution in [3.8, 4) is 0 Å². The third-order valence-corrected chi connectivity index (χ3v) is 8.92. The van der Waals surface area contributed by atoms with Crippen LogP contribution in [0.3, 0.4) is 0 Å². The molecular weight excluding hydrogens is 636 g/mol. The fourth-order valence-corrected chi connectivity index (χ4v) is 5.76. The molecule has 0 radical (unpaired) electrons. The smallest absolute Gasteiger partial charge is 0.243 e. The molecule has 2 heterocycles. The monoisotopic (exact) mass is 698 g/mol. The van der Waals surface area contributed by atoms with Gasteiger partial charge in [0.25, 0.3) is 0 Å². The highest BCUT2D eigenvalue weighted by Gasteiger charge is 2.31. The van der Waals surface area contributed by atoms with Gasteiger partial charge in [0, 0.05) is 43.0 Å². The van der Waals surface area contributed by atoms with Crippen LogP contribution in [-0.2, 0) is 36.8 Å². The molecular formula is C37H62N8O5. The number of imidazole rings is 2.